The van der Waals surface area contributed by atoms with Gasteiger partial charge in [0.1, 0.15) is 5.69 Å². The van der Waals surface area contributed by atoms with Gasteiger partial charge in [0, 0.05) is 36.8 Å². The molecule has 4 heterocycles. The molecule has 2 atom stereocenters. The van der Waals surface area contributed by atoms with E-state index in [0.717, 1.165) is 23.2 Å². The number of likely N-dealkylation sites (tertiary alicyclic amines) is 1. The number of carbonyl (C=O) groups excluding carboxylic acids is 2. The SMILES string of the molecule is O=C(Nc1ccc2n(c1=O)C[C@H]1C[C@@H]2CN(C(=O)c2ccc(-c3ccccc3)cc2)C1)c1ccco1. The number of aromatic nitrogens is 1. The molecule has 1 N–H and O–H groups in total. The summed E-state index contributed by atoms with van der Waals surface area (Å²) in [5.74, 6) is -0.0313. The van der Waals surface area contributed by atoms with Crippen LogP contribution in [0.2, 0.25) is 0 Å². The zero-order chi connectivity index (χ0) is 24.6. The molecule has 1 fully saturated rings. The van der Waals surface area contributed by atoms with Crippen LogP contribution in [-0.4, -0.2) is 34.4 Å². The Morgan fingerprint density at radius 2 is 1.61 bits per heavy atom. The molecule has 2 bridgehead atoms. The lowest BCUT2D eigenvalue weighted by atomic mass is 9.83. The summed E-state index contributed by atoms with van der Waals surface area (Å²) >= 11 is 0. The number of piperidine rings is 1. The average molecular weight is 480 g/mol. The van der Waals surface area contributed by atoms with Crippen molar-refractivity contribution in [3.05, 3.63) is 112 Å². The highest BCUT2D eigenvalue weighted by molar-refractivity contribution is 6.02. The smallest absolute Gasteiger partial charge is 0.291 e. The normalized spacial score (nSPS) is 18.4. The van der Waals surface area contributed by atoms with E-state index in [9.17, 15) is 14.4 Å². The second-order valence-electron chi connectivity index (χ2n) is 9.47. The van der Waals surface area contributed by atoms with Crippen LogP contribution in [0.15, 0.2) is 94.3 Å². The molecule has 7 nitrogen and oxygen atoms in total. The highest BCUT2D eigenvalue weighted by Gasteiger charge is 2.37. The van der Waals surface area contributed by atoms with Crippen LogP contribution in [0.4, 0.5) is 5.69 Å². The molecule has 0 radical (unpaired) electrons. The zero-order valence-electron chi connectivity index (χ0n) is 19.6. The predicted octanol–water partition coefficient (Wildman–Crippen LogP) is 4.62. The van der Waals surface area contributed by atoms with E-state index in [-0.39, 0.29) is 34.7 Å². The Morgan fingerprint density at radius 3 is 2.36 bits per heavy atom. The standard InChI is InChI=1S/C29H25N3O4/c33-27(26-7-4-14-36-26)30-24-12-13-25-23-15-19(17-32(25)29(24)35)16-31(18-23)28(34)22-10-8-21(9-11-22)20-5-2-1-3-6-20/h1-14,19,23H,15-18H2,(H,30,33)/t19-,23+/m0/s1. The second kappa shape index (κ2) is 9.00. The highest BCUT2D eigenvalue weighted by atomic mass is 16.3. The van der Waals surface area contributed by atoms with Crippen molar-refractivity contribution in [1.29, 1.82) is 0 Å². The van der Waals surface area contributed by atoms with Crippen LogP contribution in [0.1, 0.15) is 38.9 Å². The number of amides is 2. The molecule has 2 aromatic carbocycles. The number of rotatable bonds is 4. The first-order chi connectivity index (χ1) is 17.6. The van der Waals surface area contributed by atoms with Crippen LogP contribution >= 0.6 is 0 Å². The molecule has 6 rings (SSSR count). The molecule has 1 saturated heterocycles. The fourth-order valence-corrected chi connectivity index (χ4v) is 5.42. The number of anilines is 1. The molecule has 0 spiro atoms. The average Bonchev–Trinajstić information content (AvgIpc) is 3.46. The fraction of sp³-hybridized carbons (Fsp3) is 0.207. The minimum absolute atomic E-state index is 0.0161. The van der Waals surface area contributed by atoms with E-state index >= 15 is 0 Å². The van der Waals surface area contributed by atoms with Crippen LogP contribution in [0.25, 0.3) is 11.1 Å². The van der Waals surface area contributed by atoms with E-state index in [1.807, 2.05) is 53.4 Å². The monoisotopic (exact) mass is 479 g/mol. The van der Waals surface area contributed by atoms with E-state index in [1.165, 1.54) is 6.26 Å². The summed E-state index contributed by atoms with van der Waals surface area (Å²) in [7, 11) is 0. The third-order valence-corrected chi connectivity index (χ3v) is 7.12. The molecule has 2 aromatic heterocycles. The van der Waals surface area contributed by atoms with Gasteiger partial charge < -0.3 is 19.2 Å². The van der Waals surface area contributed by atoms with Crippen molar-refractivity contribution < 1.29 is 14.0 Å². The van der Waals surface area contributed by atoms with Gasteiger partial charge >= 0.3 is 0 Å². The minimum atomic E-state index is -0.455. The van der Waals surface area contributed by atoms with Gasteiger partial charge in [-0.3, -0.25) is 14.4 Å². The number of nitrogens with zero attached hydrogens (tertiary/aromatic N) is 2. The lowest BCUT2D eigenvalue weighted by molar-refractivity contribution is 0.0594. The Hall–Kier alpha value is -4.39. The minimum Gasteiger partial charge on any atom is -0.459 e. The Morgan fingerprint density at radius 1 is 0.833 bits per heavy atom. The van der Waals surface area contributed by atoms with Gasteiger partial charge in [-0.2, -0.15) is 0 Å². The van der Waals surface area contributed by atoms with Crippen LogP contribution < -0.4 is 10.9 Å². The van der Waals surface area contributed by atoms with Gasteiger partial charge in [-0.05, 0) is 59.9 Å². The van der Waals surface area contributed by atoms with Crippen molar-refractivity contribution in [2.24, 2.45) is 5.92 Å². The Labute approximate surface area is 208 Å². The maximum atomic E-state index is 13.3. The van der Waals surface area contributed by atoms with Gasteiger partial charge in [-0.25, -0.2) is 0 Å². The van der Waals surface area contributed by atoms with Crippen molar-refractivity contribution in [2.45, 2.75) is 18.9 Å². The maximum absolute atomic E-state index is 13.3. The van der Waals surface area contributed by atoms with Crippen LogP contribution in [-0.2, 0) is 6.54 Å². The number of benzene rings is 2. The van der Waals surface area contributed by atoms with E-state index in [4.69, 9.17) is 4.42 Å². The first-order valence-corrected chi connectivity index (χ1v) is 12.1. The van der Waals surface area contributed by atoms with Gasteiger partial charge in [0.25, 0.3) is 17.4 Å². The summed E-state index contributed by atoms with van der Waals surface area (Å²) in [6.45, 7) is 1.68. The van der Waals surface area contributed by atoms with Crippen LogP contribution in [0.5, 0.6) is 0 Å². The van der Waals surface area contributed by atoms with Gasteiger partial charge in [0.05, 0.1) is 6.26 Å². The first kappa shape index (κ1) is 22.1. The van der Waals surface area contributed by atoms with Crippen molar-refractivity contribution in [1.82, 2.24) is 9.47 Å². The zero-order valence-corrected chi connectivity index (χ0v) is 19.6. The molecule has 4 aromatic rings. The number of nitrogens with one attached hydrogen (secondary N) is 1. The lowest BCUT2D eigenvalue weighted by Crippen LogP contribution is -2.49. The van der Waals surface area contributed by atoms with E-state index in [2.05, 4.69) is 17.4 Å². The first-order valence-electron chi connectivity index (χ1n) is 12.1. The number of hydrogen-bond donors (Lipinski definition) is 1. The third kappa shape index (κ3) is 4.02. The summed E-state index contributed by atoms with van der Waals surface area (Å²) in [6, 6.07) is 24.6. The number of fused-ring (bicyclic) bond motifs is 4. The molecule has 0 saturated carbocycles. The van der Waals surface area contributed by atoms with Crippen LogP contribution in [0, 0.1) is 5.92 Å². The molecular weight excluding hydrogens is 454 g/mol. The summed E-state index contributed by atoms with van der Waals surface area (Å²) in [5, 5.41) is 2.66. The largest absolute Gasteiger partial charge is 0.459 e. The molecule has 2 aliphatic rings. The topological polar surface area (TPSA) is 84.5 Å². The van der Waals surface area contributed by atoms with Crippen molar-refractivity contribution in [2.75, 3.05) is 18.4 Å². The van der Waals surface area contributed by atoms with Crippen LogP contribution in [0.3, 0.4) is 0 Å². The number of pyridine rings is 1. The molecular formula is C29H25N3O4. The number of carbonyl (C=O) groups is 2. The van der Waals surface area contributed by atoms with Gasteiger partial charge in [0.2, 0.25) is 0 Å². The summed E-state index contributed by atoms with van der Waals surface area (Å²) in [5.41, 5.74) is 3.77. The maximum Gasteiger partial charge on any atom is 0.291 e. The fourth-order valence-electron chi connectivity index (χ4n) is 5.42. The van der Waals surface area contributed by atoms with Gasteiger partial charge in [-0.1, -0.05) is 42.5 Å². The quantitative estimate of drug-likeness (QED) is 0.463. The second-order valence-corrected chi connectivity index (χ2v) is 9.47. The Bertz CT molecular complexity index is 1470. The van der Waals surface area contributed by atoms with Gasteiger partial charge in [0.15, 0.2) is 5.76 Å². The molecule has 2 aliphatic heterocycles. The molecule has 2 amide bonds. The number of hydrogen-bond acceptors (Lipinski definition) is 4. The molecule has 0 unspecified atom stereocenters. The summed E-state index contributed by atoms with van der Waals surface area (Å²) in [4.78, 5) is 40.8. The number of furan rings is 1. The Balaban J connectivity index is 1.20. The Kier molecular flexibility index (Phi) is 5.52. The molecule has 36 heavy (non-hydrogen) atoms. The lowest BCUT2D eigenvalue weighted by Gasteiger charge is -2.43. The predicted molar refractivity (Wildman–Crippen MR) is 136 cm³/mol. The van der Waals surface area contributed by atoms with Crippen molar-refractivity contribution >= 4 is 17.5 Å². The van der Waals surface area contributed by atoms with E-state index in [0.29, 0.717) is 25.2 Å². The van der Waals surface area contributed by atoms with Gasteiger partial charge in [-0.15, -0.1) is 0 Å². The molecule has 0 aliphatic carbocycles. The highest BCUT2D eigenvalue weighted by Crippen LogP contribution is 2.36. The van der Waals surface area contributed by atoms with Crippen molar-refractivity contribution in [3.63, 3.8) is 0 Å². The molecule has 7 heteroatoms. The summed E-state index contributed by atoms with van der Waals surface area (Å²) < 4.78 is 6.88. The van der Waals surface area contributed by atoms with E-state index < -0.39 is 5.91 Å². The van der Waals surface area contributed by atoms with Crippen molar-refractivity contribution in [3.8, 4) is 11.1 Å². The third-order valence-electron chi connectivity index (χ3n) is 7.12. The summed E-state index contributed by atoms with van der Waals surface area (Å²) in [6.07, 6.45) is 2.36. The van der Waals surface area contributed by atoms with E-state index in [1.54, 1.807) is 22.8 Å². The molecule has 180 valence electrons.